The maximum atomic E-state index is 11.1. The number of aromatic nitrogens is 1. The number of hydrogen-bond donors (Lipinski definition) is 2. The van der Waals surface area contributed by atoms with E-state index in [1.165, 1.54) is 13.3 Å². The van der Waals surface area contributed by atoms with Crippen LogP contribution in [-0.2, 0) is 4.74 Å². The number of rotatable bonds is 3. The van der Waals surface area contributed by atoms with Gasteiger partial charge in [-0.15, -0.1) is 0 Å². The summed E-state index contributed by atoms with van der Waals surface area (Å²) in [6.45, 7) is 1.11. The number of methoxy groups -OCH3 is 1. The molecule has 0 radical (unpaired) electrons. The molecule has 0 fully saturated rings. The molecule has 0 saturated heterocycles. The summed E-state index contributed by atoms with van der Waals surface area (Å²) >= 11 is 0. The van der Waals surface area contributed by atoms with Crippen LogP contribution in [0.3, 0.4) is 0 Å². The lowest BCUT2D eigenvalue weighted by Gasteiger charge is -2.19. The number of hydrogen-bond acceptors (Lipinski definition) is 6. The molecule has 1 aromatic heterocycles. The molecule has 1 aliphatic heterocycles. The Kier molecular flexibility index (Phi) is 3.95. The molecule has 0 aliphatic carbocycles. The number of fused-ring (bicyclic) bond motifs is 1. The van der Waals surface area contributed by atoms with E-state index in [4.69, 9.17) is 9.47 Å². The molecule has 0 saturated carbocycles. The van der Waals surface area contributed by atoms with Crippen molar-refractivity contribution in [3.8, 4) is 11.5 Å². The predicted octanol–water partition coefficient (Wildman–Crippen LogP) is 2.77. The lowest BCUT2D eigenvalue weighted by Crippen LogP contribution is -2.15. The van der Waals surface area contributed by atoms with Crippen molar-refractivity contribution in [1.82, 2.24) is 4.98 Å². The summed E-state index contributed by atoms with van der Waals surface area (Å²) in [4.78, 5) is 15.3. The molecule has 1 aromatic carbocycles. The van der Waals surface area contributed by atoms with Gasteiger partial charge in [-0.3, -0.25) is 5.32 Å². The summed E-state index contributed by atoms with van der Waals surface area (Å²) in [6.07, 6.45) is 1.01. The van der Waals surface area contributed by atoms with Gasteiger partial charge in [0.2, 0.25) is 0 Å². The fourth-order valence-corrected chi connectivity index (χ4v) is 1.98. The van der Waals surface area contributed by atoms with Gasteiger partial charge >= 0.3 is 6.09 Å². The van der Waals surface area contributed by atoms with Crippen LogP contribution >= 0.6 is 0 Å². The van der Waals surface area contributed by atoms with Gasteiger partial charge in [-0.1, -0.05) is 0 Å². The van der Waals surface area contributed by atoms with E-state index in [2.05, 4.69) is 20.4 Å². The molecule has 2 aromatic rings. The summed E-state index contributed by atoms with van der Waals surface area (Å²) in [5.41, 5.74) is 1.39. The SMILES string of the molecule is COC(=O)Nc1ccc(Nc2ccc3c(c2)OCCO3)nc1. The molecule has 1 amide bonds. The van der Waals surface area contributed by atoms with Crippen molar-refractivity contribution in [3.05, 3.63) is 36.5 Å². The molecule has 2 heterocycles. The van der Waals surface area contributed by atoms with Crippen LogP contribution in [0.25, 0.3) is 0 Å². The number of benzene rings is 1. The topological polar surface area (TPSA) is 81.7 Å². The van der Waals surface area contributed by atoms with Gasteiger partial charge in [-0.25, -0.2) is 9.78 Å². The summed E-state index contributed by atoms with van der Waals surface area (Å²) in [5, 5.41) is 5.69. The van der Waals surface area contributed by atoms with Crippen LogP contribution in [0.4, 0.5) is 22.0 Å². The van der Waals surface area contributed by atoms with Crippen molar-refractivity contribution in [2.45, 2.75) is 0 Å². The summed E-state index contributed by atoms with van der Waals surface area (Å²) in [5.74, 6) is 2.09. The third-order valence-corrected chi connectivity index (χ3v) is 3.01. The third kappa shape index (κ3) is 3.20. The van der Waals surface area contributed by atoms with E-state index in [0.717, 1.165) is 11.4 Å². The molecule has 0 bridgehead atoms. The average Bonchev–Trinajstić information content (AvgIpc) is 2.56. The second-order valence-electron chi connectivity index (χ2n) is 4.53. The first-order valence-electron chi connectivity index (χ1n) is 6.72. The minimum Gasteiger partial charge on any atom is -0.486 e. The Hall–Kier alpha value is -2.96. The van der Waals surface area contributed by atoms with Crippen molar-refractivity contribution in [2.24, 2.45) is 0 Å². The maximum Gasteiger partial charge on any atom is 0.411 e. The first-order valence-corrected chi connectivity index (χ1v) is 6.72. The molecule has 1 aliphatic rings. The van der Waals surface area contributed by atoms with Gasteiger partial charge in [0, 0.05) is 11.8 Å². The van der Waals surface area contributed by atoms with E-state index >= 15 is 0 Å². The first kappa shape index (κ1) is 14.0. The Morgan fingerprint density at radius 3 is 2.64 bits per heavy atom. The van der Waals surface area contributed by atoms with Crippen LogP contribution in [0.5, 0.6) is 11.5 Å². The molecule has 2 N–H and O–H groups in total. The zero-order chi connectivity index (χ0) is 15.4. The Morgan fingerprint density at radius 1 is 1.14 bits per heavy atom. The van der Waals surface area contributed by atoms with Gasteiger partial charge in [-0.05, 0) is 24.3 Å². The molecule has 0 atom stereocenters. The van der Waals surface area contributed by atoms with Crippen LogP contribution < -0.4 is 20.1 Å². The highest BCUT2D eigenvalue weighted by Gasteiger charge is 2.11. The summed E-state index contributed by atoms with van der Waals surface area (Å²) in [6, 6.07) is 9.07. The van der Waals surface area contributed by atoms with Gasteiger partial charge in [0.1, 0.15) is 19.0 Å². The van der Waals surface area contributed by atoms with Crippen LogP contribution in [0.1, 0.15) is 0 Å². The number of anilines is 3. The summed E-state index contributed by atoms with van der Waals surface area (Å²) in [7, 11) is 1.31. The second-order valence-corrected chi connectivity index (χ2v) is 4.53. The van der Waals surface area contributed by atoms with Crippen molar-refractivity contribution in [2.75, 3.05) is 31.0 Å². The van der Waals surface area contributed by atoms with Crippen molar-refractivity contribution in [3.63, 3.8) is 0 Å². The highest BCUT2D eigenvalue weighted by atomic mass is 16.6. The standard InChI is InChI=1S/C15H15N3O4/c1-20-15(19)18-11-3-5-14(16-9-11)17-10-2-4-12-13(8-10)22-7-6-21-12/h2-5,8-9H,6-7H2,1H3,(H,16,17)(H,18,19). The molecular weight excluding hydrogens is 286 g/mol. The van der Waals surface area contributed by atoms with Crippen molar-refractivity contribution >= 4 is 23.3 Å². The third-order valence-electron chi connectivity index (χ3n) is 3.01. The lowest BCUT2D eigenvalue weighted by molar-refractivity contribution is 0.171. The number of nitrogens with zero attached hydrogens (tertiary/aromatic N) is 1. The number of pyridine rings is 1. The monoisotopic (exact) mass is 301 g/mol. The fraction of sp³-hybridized carbons (Fsp3) is 0.200. The minimum atomic E-state index is -0.533. The second kappa shape index (κ2) is 6.21. The van der Waals surface area contributed by atoms with Crippen molar-refractivity contribution < 1.29 is 19.0 Å². The smallest absolute Gasteiger partial charge is 0.411 e. The number of nitrogens with one attached hydrogen (secondary N) is 2. The number of carbonyl (C=O) groups is 1. The molecule has 22 heavy (non-hydrogen) atoms. The zero-order valence-corrected chi connectivity index (χ0v) is 12.0. The quantitative estimate of drug-likeness (QED) is 0.907. The number of carbonyl (C=O) groups excluding carboxylic acids is 1. The number of ether oxygens (including phenoxy) is 3. The van der Waals surface area contributed by atoms with Crippen LogP contribution in [0.15, 0.2) is 36.5 Å². The van der Waals surface area contributed by atoms with E-state index < -0.39 is 6.09 Å². The molecule has 0 unspecified atom stereocenters. The minimum absolute atomic E-state index is 0.533. The predicted molar refractivity (Wildman–Crippen MR) is 81.0 cm³/mol. The van der Waals surface area contributed by atoms with Crippen LogP contribution in [-0.4, -0.2) is 31.4 Å². The van der Waals surface area contributed by atoms with Gasteiger partial charge in [0.05, 0.1) is 19.0 Å². The highest BCUT2D eigenvalue weighted by molar-refractivity contribution is 5.84. The fourth-order valence-electron chi connectivity index (χ4n) is 1.98. The zero-order valence-electron chi connectivity index (χ0n) is 12.0. The average molecular weight is 301 g/mol. The Balaban J connectivity index is 1.69. The first-order chi connectivity index (χ1) is 10.7. The molecule has 3 rings (SSSR count). The van der Waals surface area contributed by atoms with Gasteiger partial charge in [0.15, 0.2) is 11.5 Å². The maximum absolute atomic E-state index is 11.1. The normalized spacial score (nSPS) is 12.4. The van der Waals surface area contributed by atoms with E-state index in [0.29, 0.717) is 30.5 Å². The van der Waals surface area contributed by atoms with Crippen LogP contribution in [0, 0.1) is 0 Å². The Labute approximate surface area is 127 Å². The molecule has 7 nitrogen and oxygen atoms in total. The lowest BCUT2D eigenvalue weighted by atomic mass is 10.2. The van der Waals surface area contributed by atoms with Gasteiger partial charge < -0.3 is 19.5 Å². The number of amides is 1. The van der Waals surface area contributed by atoms with Gasteiger partial charge in [-0.2, -0.15) is 0 Å². The van der Waals surface area contributed by atoms with E-state index in [1.807, 2.05) is 18.2 Å². The Morgan fingerprint density at radius 2 is 1.91 bits per heavy atom. The largest absolute Gasteiger partial charge is 0.486 e. The molecular formula is C15H15N3O4. The van der Waals surface area contributed by atoms with Crippen LogP contribution in [0.2, 0.25) is 0 Å². The summed E-state index contributed by atoms with van der Waals surface area (Å²) < 4.78 is 15.5. The van der Waals surface area contributed by atoms with Crippen molar-refractivity contribution in [1.29, 1.82) is 0 Å². The molecule has 114 valence electrons. The highest BCUT2D eigenvalue weighted by Crippen LogP contribution is 2.33. The molecule has 7 heteroatoms. The van der Waals surface area contributed by atoms with E-state index in [9.17, 15) is 4.79 Å². The van der Waals surface area contributed by atoms with Gasteiger partial charge in [0.25, 0.3) is 0 Å². The molecule has 0 spiro atoms. The Bertz CT molecular complexity index is 673. The van der Waals surface area contributed by atoms with E-state index in [-0.39, 0.29) is 0 Å². The van der Waals surface area contributed by atoms with E-state index in [1.54, 1.807) is 12.1 Å².